The minimum atomic E-state index is 0.773. The minimum Gasteiger partial charge on any atom is -0.0931 e. The van der Waals surface area contributed by atoms with Crippen LogP contribution >= 0.6 is 23.8 Å². The number of hydrogen-bond acceptors (Lipinski definition) is 1. The second-order valence-corrected chi connectivity index (χ2v) is 2.77. The monoisotopic (exact) mass is 170 g/mol. The number of halogens is 1. The molecule has 2 heteroatoms. The molecule has 0 aliphatic heterocycles. The van der Waals surface area contributed by atoms with E-state index in [1.807, 2.05) is 24.3 Å². The highest BCUT2D eigenvalue weighted by Crippen LogP contribution is 2.10. The van der Waals surface area contributed by atoms with E-state index in [9.17, 15) is 0 Å². The Bertz CT molecular complexity index is 232. The minimum absolute atomic E-state index is 0.773. The first-order chi connectivity index (χ1) is 4.83. The maximum Gasteiger partial charge on any atom is 0.0408 e. The van der Waals surface area contributed by atoms with E-state index in [1.54, 1.807) is 5.37 Å². The molecule has 1 aromatic carbocycles. The van der Waals surface area contributed by atoms with Gasteiger partial charge in [0, 0.05) is 11.4 Å². The molecule has 0 atom stereocenters. The van der Waals surface area contributed by atoms with Crippen molar-refractivity contribution in [1.29, 1.82) is 0 Å². The van der Waals surface area contributed by atoms with E-state index < -0.39 is 0 Å². The van der Waals surface area contributed by atoms with Crippen LogP contribution in [0.3, 0.4) is 0 Å². The van der Waals surface area contributed by atoms with Crippen LogP contribution in [-0.2, 0) is 6.42 Å². The molecule has 0 saturated heterocycles. The Morgan fingerprint density at radius 1 is 1.50 bits per heavy atom. The summed E-state index contributed by atoms with van der Waals surface area (Å²) >= 11 is 10.4. The normalized spacial score (nSPS) is 9.30. The van der Waals surface area contributed by atoms with E-state index in [-0.39, 0.29) is 0 Å². The van der Waals surface area contributed by atoms with Gasteiger partial charge in [-0.15, -0.1) is 0 Å². The lowest BCUT2D eigenvalue weighted by Crippen LogP contribution is -1.81. The topological polar surface area (TPSA) is 0 Å². The van der Waals surface area contributed by atoms with Crippen molar-refractivity contribution in [2.45, 2.75) is 6.42 Å². The lowest BCUT2D eigenvalue weighted by Gasteiger charge is -1.94. The van der Waals surface area contributed by atoms with E-state index in [0.717, 1.165) is 11.4 Å². The third-order valence-electron chi connectivity index (χ3n) is 1.21. The van der Waals surface area contributed by atoms with Gasteiger partial charge >= 0.3 is 0 Å². The van der Waals surface area contributed by atoms with Crippen LogP contribution in [0.25, 0.3) is 0 Å². The van der Waals surface area contributed by atoms with Crippen LogP contribution in [0, 0.1) is 0 Å². The van der Waals surface area contributed by atoms with Gasteiger partial charge in [0.05, 0.1) is 0 Å². The summed E-state index contributed by atoms with van der Waals surface area (Å²) in [5, 5.41) is 2.47. The maximum atomic E-state index is 5.73. The van der Waals surface area contributed by atoms with Gasteiger partial charge in [0.15, 0.2) is 0 Å². The standard InChI is InChI=1S/C8H7ClS/c9-8-3-1-2-7(6-8)4-5-10/h1-3,5-6H,4H2. The molecule has 1 rings (SSSR count). The van der Waals surface area contributed by atoms with Gasteiger partial charge in [0.25, 0.3) is 0 Å². The summed E-state index contributed by atoms with van der Waals surface area (Å²) in [5.41, 5.74) is 1.17. The van der Waals surface area contributed by atoms with Crippen LogP contribution in [0.4, 0.5) is 0 Å². The molecule has 0 aromatic heterocycles. The second-order valence-electron chi connectivity index (χ2n) is 2.00. The smallest absolute Gasteiger partial charge is 0.0408 e. The number of rotatable bonds is 2. The van der Waals surface area contributed by atoms with Crippen LogP contribution in [0.5, 0.6) is 0 Å². The van der Waals surface area contributed by atoms with Crippen molar-refractivity contribution in [3.63, 3.8) is 0 Å². The summed E-state index contributed by atoms with van der Waals surface area (Å²) < 4.78 is 0. The molecule has 0 saturated carbocycles. The largest absolute Gasteiger partial charge is 0.0931 e. The quantitative estimate of drug-likeness (QED) is 0.616. The highest BCUT2D eigenvalue weighted by atomic mass is 35.5. The van der Waals surface area contributed by atoms with Gasteiger partial charge in [0.2, 0.25) is 0 Å². The summed E-state index contributed by atoms with van der Waals surface area (Å²) in [5.74, 6) is 0. The molecule has 0 bridgehead atoms. The van der Waals surface area contributed by atoms with Crippen molar-refractivity contribution in [2.24, 2.45) is 0 Å². The van der Waals surface area contributed by atoms with Crippen molar-refractivity contribution in [3.8, 4) is 0 Å². The predicted octanol–water partition coefficient (Wildman–Crippen LogP) is 2.88. The molecule has 0 N–H and O–H groups in total. The fourth-order valence-corrected chi connectivity index (χ4v) is 1.17. The van der Waals surface area contributed by atoms with E-state index >= 15 is 0 Å². The van der Waals surface area contributed by atoms with Gasteiger partial charge in [-0.05, 0) is 23.1 Å². The molecular weight excluding hydrogens is 164 g/mol. The van der Waals surface area contributed by atoms with Gasteiger partial charge in [-0.3, -0.25) is 0 Å². The third kappa shape index (κ3) is 2.09. The summed E-state index contributed by atoms with van der Waals surface area (Å²) in [6, 6.07) is 7.71. The summed E-state index contributed by atoms with van der Waals surface area (Å²) in [7, 11) is 0. The van der Waals surface area contributed by atoms with Crippen LogP contribution in [0.2, 0.25) is 5.02 Å². The molecule has 0 aliphatic carbocycles. The van der Waals surface area contributed by atoms with Gasteiger partial charge in [-0.2, -0.15) is 0 Å². The molecule has 0 unspecified atom stereocenters. The third-order valence-corrected chi connectivity index (χ3v) is 1.61. The highest BCUT2D eigenvalue weighted by Gasteiger charge is 1.89. The summed E-state index contributed by atoms with van der Waals surface area (Å²) in [4.78, 5) is 0. The number of benzene rings is 1. The second kappa shape index (κ2) is 3.69. The van der Waals surface area contributed by atoms with Gasteiger partial charge in [-0.25, -0.2) is 0 Å². The highest BCUT2D eigenvalue weighted by molar-refractivity contribution is 7.78. The van der Waals surface area contributed by atoms with Gasteiger partial charge in [-0.1, -0.05) is 36.0 Å². The van der Waals surface area contributed by atoms with Gasteiger partial charge in [0.1, 0.15) is 0 Å². The predicted molar refractivity (Wildman–Crippen MR) is 48.8 cm³/mol. The maximum absolute atomic E-state index is 5.73. The average molecular weight is 171 g/mol. The SMILES string of the molecule is S=CCc1cccc(Cl)c1. The molecular formula is C8H7ClS. The Kier molecular flexibility index (Phi) is 2.84. The van der Waals surface area contributed by atoms with E-state index in [0.29, 0.717) is 0 Å². The fourth-order valence-electron chi connectivity index (χ4n) is 0.760. The molecule has 0 amide bonds. The zero-order chi connectivity index (χ0) is 7.40. The number of hydrogen-bond donors (Lipinski definition) is 0. The average Bonchev–Trinajstić information content (AvgIpc) is 1.88. The van der Waals surface area contributed by atoms with Crippen molar-refractivity contribution in [3.05, 3.63) is 34.9 Å². The van der Waals surface area contributed by atoms with Crippen molar-refractivity contribution in [1.82, 2.24) is 0 Å². The first kappa shape index (κ1) is 7.70. The van der Waals surface area contributed by atoms with Crippen LogP contribution in [0.1, 0.15) is 5.56 Å². The Hall–Kier alpha value is -0.400. The lowest BCUT2D eigenvalue weighted by atomic mass is 10.2. The molecule has 52 valence electrons. The van der Waals surface area contributed by atoms with E-state index in [4.69, 9.17) is 23.8 Å². The molecule has 0 nitrogen and oxygen atoms in total. The molecule has 1 aromatic rings. The molecule has 0 spiro atoms. The van der Waals surface area contributed by atoms with Crippen molar-refractivity contribution >= 4 is 29.2 Å². The first-order valence-corrected chi connectivity index (χ1v) is 3.86. The van der Waals surface area contributed by atoms with Crippen LogP contribution in [-0.4, -0.2) is 5.37 Å². The zero-order valence-electron chi connectivity index (χ0n) is 5.38. The molecule has 0 aliphatic rings. The summed E-state index contributed by atoms with van der Waals surface area (Å²) in [6.45, 7) is 0. The van der Waals surface area contributed by atoms with Crippen molar-refractivity contribution in [2.75, 3.05) is 0 Å². The molecule has 10 heavy (non-hydrogen) atoms. The Labute approximate surface area is 70.8 Å². The van der Waals surface area contributed by atoms with E-state index in [1.165, 1.54) is 5.56 Å². The fraction of sp³-hybridized carbons (Fsp3) is 0.125. The van der Waals surface area contributed by atoms with Crippen LogP contribution in [0.15, 0.2) is 24.3 Å². The molecule has 0 fully saturated rings. The Morgan fingerprint density at radius 2 is 2.30 bits per heavy atom. The summed E-state index contributed by atoms with van der Waals surface area (Å²) in [6.07, 6.45) is 0.815. The van der Waals surface area contributed by atoms with Crippen LogP contribution < -0.4 is 0 Å². The zero-order valence-corrected chi connectivity index (χ0v) is 6.95. The molecule has 0 heterocycles. The Balaban J connectivity index is 2.84. The van der Waals surface area contributed by atoms with Crippen molar-refractivity contribution < 1.29 is 0 Å². The Morgan fingerprint density at radius 3 is 2.90 bits per heavy atom. The first-order valence-electron chi connectivity index (χ1n) is 3.01. The molecule has 0 radical (unpaired) electrons. The van der Waals surface area contributed by atoms with Gasteiger partial charge < -0.3 is 0 Å². The lowest BCUT2D eigenvalue weighted by molar-refractivity contribution is 1.38. The number of thiocarbonyl (C=S) groups is 1. The van der Waals surface area contributed by atoms with E-state index in [2.05, 4.69) is 0 Å².